The maximum Gasteiger partial charge on any atom is 0.269 e. The molecule has 3 atom stereocenters. The van der Waals surface area contributed by atoms with Gasteiger partial charge < -0.3 is 10.1 Å². The Morgan fingerprint density at radius 1 is 1.48 bits per heavy atom. The summed E-state index contributed by atoms with van der Waals surface area (Å²) in [5.41, 5.74) is 0.0168. The zero-order chi connectivity index (χ0) is 15.2. The highest BCUT2D eigenvalue weighted by Gasteiger charge is 2.27. The summed E-state index contributed by atoms with van der Waals surface area (Å²) in [6, 6.07) is 6.08. The van der Waals surface area contributed by atoms with Crippen LogP contribution < -0.4 is 5.32 Å². The number of hydrogen-bond donors (Lipinski definition) is 1. The Hall–Kier alpha value is -1.31. The summed E-state index contributed by atoms with van der Waals surface area (Å²) < 4.78 is 17.8. The van der Waals surface area contributed by atoms with Crippen molar-refractivity contribution in [3.8, 4) is 0 Å². The third-order valence-electron chi connectivity index (χ3n) is 3.64. The van der Waals surface area contributed by atoms with E-state index < -0.39 is 15.7 Å². The Balaban J connectivity index is 2.02. The van der Waals surface area contributed by atoms with E-state index in [0.29, 0.717) is 23.2 Å². The van der Waals surface area contributed by atoms with Crippen molar-refractivity contribution in [1.82, 2.24) is 5.32 Å². The van der Waals surface area contributed by atoms with Crippen LogP contribution in [0.25, 0.3) is 0 Å². The number of hydrogen-bond acceptors (Lipinski definition) is 5. The van der Waals surface area contributed by atoms with Gasteiger partial charge in [0.05, 0.1) is 22.3 Å². The highest BCUT2D eigenvalue weighted by molar-refractivity contribution is 7.85. The van der Waals surface area contributed by atoms with E-state index in [1.54, 1.807) is 12.1 Å². The van der Waals surface area contributed by atoms with Crippen LogP contribution in [0.2, 0.25) is 0 Å². The standard InChI is InChI=1S/C14H20N2O4S/c1-2-15-14(11-7-8-20-9-11)10-21(19)13-5-3-12(4-6-13)16(17)18/h3-6,11,14-15H,2,7-10H2,1H3. The number of non-ortho nitro benzene ring substituents is 1. The summed E-state index contributed by atoms with van der Waals surface area (Å²) in [5, 5.41) is 14.0. The Morgan fingerprint density at radius 2 is 2.19 bits per heavy atom. The van der Waals surface area contributed by atoms with Crippen LogP contribution in [0.4, 0.5) is 5.69 Å². The molecule has 116 valence electrons. The highest BCUT2D eigenvalue weighted by atomic mass is 32.2. The van der Waals surface area contributed by atoms with Crippen LogP contribution in [0, 0.1) is 16.0 Å². The molecule has 1 aromatic carbocycles. The minimum absolute atomic E-state index is 0.0168. The molecular formula is C14H20N2O4S. The first kappa shape index (κ1) is 16.1. The van der Waals surface area contributed by atoms with Gasteiger partial charge in [0, 0.05) is 41.3 Å². The Morgan fingerprint density at radius 3 is 2.71 bits per heavy atom. The zero-order valence-electron chi connectivity index (χ0n) is 12.0. The fourth-order valence-electron chi connectivity index (χ4n) is 2.47. The van der Waals surface area contributed by atoms with Crippen molar-refractivity contribution in [3.63, 3.8) is 0 Å². The molecule has 3 unspecified atom stereocenters. The quantitative estimate of drug-likeness (QED) is 0.612. The van der Waals surface area contributed by atoms with Crippen molar-refractivity contribution < 1.29 is 13.9 Å². The minimum atomic E-state index is -1.17. The third-order valence-corrected chi connectivity index (χ3v) is 5.10. The molecule has 0 bridgehead atoms. The molecule has 0 saturated carbocycles. The summed E-state index contributed by atoms with van der Waals surface area (Å²) in [5.74, 6) is 0.881. The molecule has 6 nitrogen and oxygen atoms in total. The predicted molar refractivity (Wildman–Crippen MR) is 80.8 cm³/mol. The van der Waals surface area contributed by atoms with Crippen molar-refractivity contribution in [3.05, 3.63) is 34.4 Å². The lowest BCUT2D eigenvalue weighted by Gasteiger charge is -2.22. The van der Waals surface area contributed by atoms with Gasteiger partial charge in [-0.3, -0.25) is 14.3 Å². The lowest BCUT2D eigenvalue weighted by molar-refractivity contribution is -0.384. The molecule has 1 aliphatic heterocycles. The van der Waals surface area contributed by atoms with Gasteiger partial charge in [-0.1, -0.05) is 6.92 Å². The van der Waals surface area contributed by atoms with E-state index in [1.165, 1.54) is 12.1 Å². The molecule has 0 aromatic heterocycles. The van der Waals surface area contributed by atoms with Crippen LogP contribution in [0.5, 0.6) is 0 Å². The highest BCUT2D eigenvalue weighted by Crippen LogP contribution is 2.20. The smallest absolute Gasteiger partial charge is 0.269 e. The maximum atomic E-state index is 12.4. The Labute approximate surface area is 126 Å². The number of nitrogens with one attached hydrogen (secondary N) is 1. The molecule has 0 amide bonds. The summed E-state index contributed by atoms with van der Waals surface area (Å²) in [6.45, 7) is 4.31. The number of benzene rings is 1. The minimum Gasteiger partial charge on any atom is -0.381 e. The van der Waals surface area contributed by atoms with Crippen molar-refractivity contribution in [1.29, 1.82) is 0 Å². The lowest BCUT2D eigenvalue weighted by Crippen LogP contribution is -2.40. The van der Waals surface area contributed by atoms with Gasteiger partial charge in [-0.05, 0) is 25.1 Å². The Kier molecular flexibility index (Phi) is 5.84. The lowest BCUT2D eigenvalue weighted by atomic mass is 10.0. The SMILES string of the molecule is CCNC(CS(=O)c1ccc([N+](=O)[O-])cc1)C1CCOC1. The van der Waals surface area contributed by atoms with Gasteiger partial charge in [-0.2, -0.15) is 0 Å². The molecule has 0 radical (unpaired) electrons. The first-order valence-corrected chi connectivity index (χ1v) is 8.37. The number of nitrogens with zero attached hydrogens (tertiary/aromatic N) is 1. The molecule has 21 heavy (non-hydrogen) atoms. The van der Waals surface area contributed by atoms with Crippen LogP contribution in [0.3, 0.4) is 0 Å². The molecule has 1 aliphatic rings. The predicted octanol–water partition coefficient (Wildman–Crippen LogP) is 1.72. The van der Waals surface area contributed by atoms with Gasteiger partial charge in [0.2, 0.25) is 0 Å². The second-order valence-corrected chi connectivity index (χ2v) is 6.55. The number of nitro groups is 1. The Bertz CT molecular complexity index is 500. The van der Waals surface area contributed by atoms with Gasteiger partial charge in [0.25, 0.3) is 5.69 Å². The number of ether oxygens (including phenoxy) is 1. The average Bonchev–Trinajstić information content (AvgIpc) is 3.01. The van der Waals surface area contributed by atoms with E-state index in [9.17, 15) is 14.3 Å². The molecule has 0 aliphatic carbocycles. The van der Waals surface area contributed by atoms with Gasteiger partial charge in [-0.25, -0.2) is 0 Å². The first-order chi connectivity index (χ1) is 10.1. The van der Waals surface area contributed by atoms with Crippen LogP contribution in [0.1, 0.15) is 13.3 Å². The molecule has 1 heterocycles. The number of rotatable bonds is 7. The third kappa shape index (κ3) is 4.33. The topological polar surface area (TPSA) is 81.5 Å². The van der Waals surface area contributed by atoms with Crippen molar-refractivity contribution in [2.24, 2.45) is 5.92 Å². The average molecular weight is 312 g/mol. The van der Waals surface area contributed by atoms with Gasteiger partial charge in [-0.15, -0.1) is 0 Å². The van der Waals surface area contributed by atoms with Gasteiger partial charge in [0.15, 0.2) is 0 Å². The summed E-state index contributed by atoms with van der Waals surface area (Å²) in [4.78, 5) is 10.8. The normalized spacial score (nSPS) is 21.1. The van der Waals surface area contributed by atoms with Crippen molar-refractivity contribution in [2.45, 2.75) is 24.3 Å². The van der Waals surface area contributed by atoms with Crippen LogP contribution in [0.15, 0.2) is 29.2 Å². The molecule has 2 rings (SSSR count). The van der Waals surface area contributed by atoms with Crippen molar-refractivity contribution in [2.75, 3.05) is 25.5 Å². The maximum absolute atomic E-state index is 12.4. The second-order valence-electron chi connectivity index (χ2n) is 5.05. The van der Waals surface area contributed by atoms with Gasteiger partial charge >= 0.3 is 0 Å². The van der Waals surface area contributed by atoms with E-state index in [4.69, 9.17) is 4.74 Å². The van der Waals surface area contributed by atoms with Gasteiger partial charge in [0.1, 0.15) is 0 Å². The van der Waals surface area contributed by atoms with E-state index in [1.807, 2.05) is 6.92 Å². The fraction of sp³-hybridized carbons (Fsp3) is 0.571. The fourth-order valence-corrected chi connectivity index (χ4v) is 3.82. The van der Waals surface area contributed by atoms with E-state index in [-0.39, 0.29) is 11.7 Å². The summed E-state index contributed by atoms with van der Waals surface area (Å²) in [6.07, 6.45) is 0.981. The molecule has 1 aromatic rings. The zero-order valence-corrected chi connectivity index (χ0v) is 12.8. The molecule has 1 fully saturated rings. The second kappa shape index (κ2) is 7.63. The first-order valence-electron chi connectivity index (χ1n) is 7.05. The molecule has 1 saturated heterocycles. The van der Waals surface area contributed by atoms with Crippen LogP contribution in [-0.4, -0.2) is 40.7 Å². The van der Waals surface area contributed by atoms with Crippen LogP contribution in [-0.2, 0) is 15.5 Å². The molecular weight excluding hydrogens is 292 g/mol. The van der Waals surface area contributed by atoms with E-state index in [2.05, 4.69) is 5.32 Å². The molecule has 7 heteroatoms. The summed E-state index contributed by atoms with van der Waals surface area (Å²) >= 11 is 0. The van der Waals surface area contributed by atoms with E-state index in [0.717, 1.165) is 19.6 Å². The molecule has 0 spiro atoms. The molecule has 1 N–H and O–H groups in total. The summed E-state index contributed by atoms with van der Waals surface area (Å²) in [7, 11) is -1.17. The number of nitro benzene ring substituents is 1. The van der Waals surface area contributed by atoms with Crippen LogP contribution >= 0.6 is 0 Å². The largest absolute Gasteiger partial charge is 0.381 e. The van der Waals surface area contributed by atoms with E-state index >= 15 is 0 Å². The monoisotopic (exact) mass is 312 g/mol. The van der Waals surface area contributed by atoms with Crippen molar-refractivity contribution >= 4 is 16.5 Å².